The molecule has 1 saturated heterocycles. The maximum Gasteiger partial charge on any atom is 0.243 e. The van der Waals surface area contributed by atoms with Gasteiger partial charge in [-0.3, -0.25) is 9.59 Å². The van der Waals surface area contributed by atoms with Crippen molar-refractivity contribution in [3.8, 4) is 0 Å². The Morgan fingerprint density at radius 2 is 2.00 bits per heavy atom. The maximum absolute atomic E-state index is 12.4. The van der Waals surface area contributed by atoms with E-state index in [-0.39, 0.29) is 23.3 Å². The zero-order chi connectivity index (χ0) is 16.3. The first-order chi connectivity index (χ1) is 10.3. The molecule has 0 aromatic heterocycles. The van der Waals surface area contributed by atoms with Gasteiger partial charge in [0.1, 0.15) is 6.04 Å². The molecule has 1 aliphatic carbocycles. The average molecular weight is 327 g/mol. The molecule has 0 aromatic carbocycles. The molecule has 6 heteroatoms. The van der Waals surface area contributed by atoms with E-state index in [1.807, 2.05) is 0 Å². The minimum atomic E-state index is -0.300. The molecule has 1 saturated carbocycles. The van der Waals surface area contributed by atoms with Crippen molar-refractivity contribution in [1.82, 2.24) is 15.1 Å². The summed E-state index contributed by atoms with van der Waals surface area (Å²) in [7, 11) is 2.11. The molecule has 0 radical (unpaired) electrons. The second-order valence-corrected chi connectivity index (χ2v) is 8.62. The summed E-state index contributed by atoms with van der Waals surface area (Å²) in [5.41, 5.74) is -0.0433. The van der Waals surface area contributed by atoms with E-state index in [0.717, 1.165) is 6.54 Å². The maximum atomic E-state index is 12.4. The van der Waals surface area contributed by atoms with Gasteiger partial charge in [-0.2, -0.15) is 0 Å². The van der Waals surface area contributed by atoms with Crippen molar-refractivity contribution in [2.45, 2.75) is 52.1 Å². The van der Waals surface area contributed by atoms with Crippen molar-refractivity contribution in [3.63, 3.8) is 0 Å². The van der Waals surface area contributed by atoms with Crippen LogP contribution in [0.1, 0.15) is 40.0 Å². The highest BCUT2D eigenvalue weighted by atomic mass is 32.2. The number of hydrogen-bond donors (Lipinski definition) is 1. The molecule has 0 bridgehead atoms. The summed E-state index contributed by atoms with van der Waals surface area (Å²) < 4.78 is 0. The van der Waals surface area contributed by atoms with E-state index in [1.165, 1.54) is 12.8 Å². The smallest absolute Gasteiger partial charge is 0.243 e. The summed E-state index contributed by atoms with van der Waals surface area (Å²) in [6.45, 7) is 7.70. The van der Waals surface area contributed by atoms with Gasteiger partial charge >= 0.3 is 0 Å². The fourth-order valence-corrected chi connectivity index (χ4v) is 3.81. The summed E-state index contributed by atoms with van der Waals surface area (Å²) in [6, 6.07) is 0.412. The van der Waals surface area contributed by atoms with Crippen molar-refractivity contribution >= 4 is 23.6 Å². The third-order valence-corrected chi connectivity index (χ3v) is 5.13. The van der Waals surface area contributed by atoms with Gasteiger partial charge in [-0.15, -0.1) is 11.8 Å². The first kappa shape index (κ1) is 17.6. The van der Waals surface area contributed by atoms with Crippen molar-refractivity contribution in [3.05, 3.63) is 0 Å². The molecule has 0 unspecified atom stereocenters. The molecule has 1 N–H and O–H groups in total. The van der Waals surface area contributed by atoms with Crippen LogP contribution >= 0.6 is 11.8 Å². The lowest BCUT2D eigenvalue weighted by Gasteiger charge is -2.27. The van der Waals surface area contributed by atoms with Crippen LogP contribution in [0.5, 0.6) is 0 Å². The van der Waals surface area contributed by atoms with Crippen molar-refractivity contribution in [1.29, 1.82) is 0 Å². The monoisotopic (exact) mass is 327 g/mol. The Bertz CT molecular complexity index is 418. The Kier molecular flexibility index (Phi) is 5.77. The highest BCUT2D eigenvalue weighted by Gasteiger charge is 2.35. The molecule has 126 valence electrons. The number of carbonyl (C=O) groups excluding carboxylic acids is 2. The molecule has 1 atom stereocenters. The topological polar surface area (TPSA) is 52.7 Å². The number of nitrogens with one attached hydrogen (secondary N) is 1. The summed E-state index contributed by atoms with van der Waals surface area (Å²) >= 11 is 1.66. The predicted octanol–water partition coefficient (Wildman–Crippen LogP) is 1.53. The van der Waals surface area contributed by atoms with Gasteiger partial charge < -0.3 is 15.1 Å². The van der Waals surface area contributed by atoms with Crippen LogP contribution in [-0.4, -0.2) is 65.5 Å². The Balaban J connectivity index is 1.78. The summed E-state index contributed by atoms with van der Waals surface area (Å²) in [5, 5.41) is 3.00. The third kappa shape index (κ3) is 5.16. The number of hydrogen-bond acceptors (Lipinski definition) is 4. The Hall–Kier alpha value is -0.750. The van der Waals surface area contributed by atoms with Gasteiger partial charge in [0.25, 0.3) is 0 Å². The highest BCUT2D eigenvalue weighted by Crippen LogP contribution is 2.27. The second-order valence-electron chi connectivity index (χ2n) is 7.62. The van der Waals surface area contributed by atoms with E-state index in [4.69, 9.17) is 0 Å². The number of amides is 2. The number of carbonyl (C=O) groups is 2. The van der Waals surface area contributed by atoms with Gasteiger partial charge in [0.05, 0.1) is 5.88 Å². The Labute approximate surface area is 138 Å². The molecule has 22 heavy (non-hydrogen) atoms. The molecule has 2 aliphatic rings. The lowest BCUT2D eigenvalue weighted by molar-refractivity contribution is -0.139. The van der Waals surface area contributed by atoms with E-state index >= 15 is 0 Å². The molecular weight excluding hydrogens is 298 g/mol. The standard InChI is InChI=1S/C16H29N3O2S/c1-16(2,3)9-14(20)19-11-22-10-13(19)15(21)17-7-8-18(4)12-5-6-12/h12-13H,5-11H2,1-4H3,(H,17,21)/t13-/m1/s1. The summed E-state index contributed by atoms with van der Waals surface area (Å²) in [6.07, 6.45) is 3.04. The van der Waals surface area contributed by atoms with Crippen LogP contribution in [-0.2, 0) is 9.59 Å². The Morgan fingerprint density at radius 3 is 2.59 bits per heavy atom. The van der Waals surface area contributed by atoms with Crippen LogP contribution in [0.4, 0.5) is 0 Å². The largest absolute Gasteiger partial charge is 0.353 e. The zero-order valence-corrected chi connectivity index (χ0v) is 15.0. The van der Waals surface area contributed by atoms with Crippen LogP contribution in [0.15, 0.2) is 0 Å². The number of thioether (sulfide) groups is 1. The summed E-state index contributed by atoms with van der Waals surface area (Å²) in [4.78, 5) is 28.8. The quantitative estimate of drug-likeness (QED) is 0.804. The molecular formula is C16H29N3O2S. The molecule has 2 rings (SSSR count). The van der Waals surface area contributed by atoms with Crippen LogP contribution in [0, 0.1) is 5.41 Å². The molecule has 1 heterocycles. The third-order valence-electron chi connectivity index (χ3n) is 4.12. The second kappa shape index (κ2) is 7.21. The van der Waals surface area contributed by atoms with Crippen LogP contribution in [0.2, 0.25) is 0 Å². The first-order valence-corrected chi connectivity index (χ1v) is 9.28. The van der Waals surface area contributed by atoms with Gasteiger partial charge in [0, 0.05) is 31.3 Å². The van der Waals surface area contributed by atoms with Crippen LogP contribution in [0.3, 0.4) is 0 Å². The number of likely N-dealkylation sites (N-methyl/N-ethyl adjacent to an activating group) is 1. The van der Waals surface area contributed by atoms with Gasteiger partial charge in [-0.05, 0) is 25.3 Å². The normalized spacial score (nSPS) is 22.2. The van der Waals surface area contributed by atoms with Gasteiger partial charge in [-0.25, -0.2) is 0 Å². The first-order valence-electron chi connectivity index (χ1n) is 8.13. The van der Waals surface area contributed by atoms with Gasteiger partial charge in [-0.1, -0.05) is 20.8 Å². The van der Waals surface area contributed by atoms with Gasteiger partial charge in [0.15, 0.2) is 0 Å². The molecule has 0 aromatic rings. The predicted molar refractivity (Wildman–Crippen MR) is 90.7 cm³/mol. The van der Waals surface area contributed by atoms with E-state index < -0.39 is 0 Å². The van der Waals surface area contributed by atoms with Crippen molar-refractivity contribution < 1.29 is 9.59 Å². The highest BCUT2D eigenvalue weighted by molar-refractivity contribution is 7.99. The molecule has 2 amide bonds. The Morgan fingerprint density at radius 1 is 1.32 bits per heavy atom. The van der Waals surface area contributed by atoms with E-state index in [0.29, 0.717) is 30.6 Å². The van der Waals surface area contributed by atoms with E-state index in [9.17, 15) is 9.59 Å². The number of rotatable bonds is 6. The summed E-state index contributed by atoms with van der Waals surface area (Å²) in [5.74, 6) is 1.43. The number of nitrogens with zero attached hydrogens (tertiary/aromatic N) is 2. The zero-order valence-electron chi connectivity index (χ0n) is 14.2. The minimum Gasteiger partial charge on any atom is -0.353 e. The van der Waals surface area contributed by atoms with Crippen LogP contribution < -0.4 is 5.32 Å². The fourth-order valence-electron chi connectivity index (χ4n) is 2.63. The van der Waals surface area contributed by atoms with E-state index in [2.05, 4.69) is 38.0 Å². The molecule has 1 aliphatic heterocycles. The lowest BCUT2D eigenvalue weighted by atomic mass is 9.91. The lowest BCUT2D eigenvalue weighted by Crippen LogP contribution is -2.49. The molecule has 0 spiro atoms. The average Bonchev–Trinajstić information content (AvgIpc) is 3.13. The van der Waals surface area contributed by atoms with Crippen LogP contribution in [0.25, 0.3) is 0 Å². The fraction of sp³-hybridized carbons (Fsp3) is 0.875. The van der Waals surface area contributed by atoms with E-state index in [1.54, 1.807) is 16.7 Å². The SMILES string of the molecule is CN(CCNC(=O)[C@H]1CSCN1C(=O)CC(C)(C)C)C1CC1. The molecule has 5 nitrogen and oxygen atoms in total. The van der Waals surface area contributed by atoms with Gasteiger partial charge in [0.2, 0.25) is 11.8 Å². The molecule has 2 fully saturated rings. The van der Waals surface area contributed by atoms with Crippen molar-refractivity contribution in [2.75, 3.05) is 31.8 Å². The minimum absolute atomic E-state index is 0.00328. The van der Waals surface area contributed by atoms with Crippen molar-refractivity contribution in [2.24, 2.45) is 5.41 Å².